The molecular formula is C8H8F2N2O3. The number of nitrogens with one attached hydrogen (secondary N) is 1. The van der Waals surface area contributed by atoms with Crippen molar-refractivity contribution in [2.45, 2.75) is 13.0 Å². The maximum absolute atomic E-state index is 12.4. The fourth-order valence-corrected chi connectivity index (χ4v) is 1.21. The van der Waals surface area contributed by atoms with Gasteiger partial charge >= 0.3 is 5.97 Å². The summed E-state index contributed by atoms with van der Waals surface area (Å²) in [5, 5.41) is 8.71. The Balaban J connectivity index is 3.54. The van der Waals surface area contributed by atoms with Gasteiger partial charge in [0.25, 0.3) is 6.43 Å². The Morgan fingerprint density at radius 3 is 2.60 bits per heavy atom. The lowest BCUT2D eigenvalue weighted by atomic mass is 10.1. The number of hydrogen-bond donors (Lipinski definition) is 3. The number of carbonyl (C=O) groups is 1. The Labute approximate surface area is 82.5 Å². The molecule has 1 rings (SSSR count). The quantitative estimate of drug-likeness (QED) is 0.687. The molecule has 0 saturated heterocycles. The molecule has 0 aliphatic carbocycles. The van der Waals surface area contributed by atoms with Gasteiger partial charge in [0, 0.05) is 23.9 Å². The molecule has 0 amide bonds. The summed E-state index contributed by atoms with van der Waals surface area (Å²) >= 11 is 0. The Bertz CT molecular complexity index is 442. The van der Waals surface area contributed by atoms with Crippen LogP contribution in [0.25, 0.3) is 0 Å². The topological polar surface area (TPSA) is 96.2 Å². The van der Waals surface area contributed by atoms with E-state index in [0.717, 1.165) is 0 Å². The highest BCUT2D eigenvalue weighted by atomic mass is 19.3. The average molecular weight is 218 g/mol. The molecule has 4 N–H and O–H groups in total. The number of aromatic amines is 1. The van der Waals surface area contributed by atoms with Gasteiger partial charge in [-0.25, -0.2) is 13.6 Å². The summed E-state index contributed by atoms with van der Waals surface area (Å²) in [4.78, 5) is 23.7. The van der Waals surface area contributed by atoms with E-state index in [1.807, 2.05) is 0 Å². The highest BCUT2D eigenvalue weighted by Gasteiger charge is 2.22. The first-order valence-corrected chi connectivity index (χ1v) is 3.95. The van der Waals surface area contributed by atoms with E-state index in [9.17, 15) is 18.4 Å². The number of nitrogens with two attached hydrogens (primary N) is 1. The van der Waals surface area contributed by atoms with E-state index in [2.05, 4.69) is 4.98 Å². The van der Waals surface area contributed by atoms with Crippen molar-refractivity contribution in [3.8, 4) is 0 Å². The van der Waals surface area contributed by atoms with Crippen molar-refractivity contribution < 1.29 is 18.7 Å². The third-order valence-electron chi connectivity index (χ3n) is 1.80. The number of H-pyrrole nitrogens is 1. The van der Waals surface area contributed by atoms with Crippen LogP contribution in [0.1, 0.15) is 28.0 Å². The van der Waals surface area contributed by atoms with Gasteiger partial charge in [-0.3, -0.25) is 4.79 Å². The van der Waals surface area contributed by atoms with Crippen molar-refractivity contribution in [1.29, 1.82) is 0 Å². The largest absolute Gasteiger partial charge is 0.478 e. The average Bonchev–Trinajstić information content (AvgIpc) is 2.15. The maximum atomic E-state index is 12.4. The summed E-state index contributed by atoms with van der Waals surface area (Å²) in [6, 6.07) is 0.563. The van der Waals surface area contributed by atoms with Crippen LogP contribution in [0.3, 0.4) is 0 Å². The number of aromatic carboxylic acids is 1. The Hall–Kier alpha value is -1.76. The molecule has 0 unspecified atom stereocenters. The highest BCUT2D eigenvalue weighted by Crippen LogP contribution is 2.22. The molecule has 1 heterocycles. The van der Waals surface area contributed by atoms with Gasteiger partial charge in [0.05, 0.1) is 5.56 Å². The van der Waals surface area contributed by atoms with Crippen molar-refractivity contribution in [3.05, 3.63) is 33.2 Å². The summed E-state index contributed by atoms with van der Waals surface area (Å²) in [5.41, 5.74) is 2.70. The second-order valence-corrected chi connectivity index (χ2v) is 2.75. The van der Waals surface area contributed by atoms with Gasteiger partial charge in [-0.05, 0) is 0 Å². The van der Waals surface area contributed by atoms with Crippen LogP contribution in [-0.4, -0.2) is 16.1 Å². The van der Waals surface area contributed by atoms with Crippen LogP contribution < -0.4 is 11.3 Å². The van der Waals surface area contributed by atoms with Gasteiger partial charge in [0.2, 0.25) is 5.56 Å². The van der Waals surface area contributed by atoms with Crippen LogP contribution in [0.2, 0.25) is 0 Å². The zero-order valence-electron chi connectivity index (χ0n) is 7.46. The first-order valence-electron chi connectivity index (χ1n) is 3.95. The molecule has 0 spiro atoms. The molecule has 1 aromatic rings. The van der Waals surface area contributed by atoms with Gasteiger partial charge < -0.3 is 15.8 Å². The van der Waals surface area contributed by atoms with Crippen LogP contribution >= 0.6 is 0 Å². The fourth-order valence-electron chi connectivity index (χ4n) is 1.21. The second-order valence-electron chi connectivity index (χ2n) is 2.75. The van der Waals surface area contributed by atoms with Gasteiger partial charge in [-0.2, -0.15) is 0 Å². The van der Waals surface area contributed by atoms with Gasteiger partial charge in [-0.15, -0.1) is 0 Å². The normalized spacial score (nSPS) is 10.7. The van der Waals surface area contributed by atoms with Crippen LogP contribution in [0, 0.1) is 0 Å². The maximum Gasteiger partial charge on any atom is 0.338 e. The lowest BCUT2D eigenvalue weighted by Gasteiger charge is -2.08. The molecule has 0 saturated carbocycles. The summed E-state index contributed by atoms with van der Waals surface area (Å²) in [6.45, 7) is -0.322. The van der Waals surface area contributed by atoms with Crippen molar-refractivity contribution in [2.24, 2.45) is 5.73 Å². The molecule has 0 radical (unpaired) electrons. The predicted molar refractivity (Wildman–Crippen MR) is 46.9 cm³/mol. The second kappa shape index (κ2) is 4.18. The van der Waals surface area contributed by atoms with Crippen LogP contribution in [0.4, 0.5) is 8.78 Å². The number of hydrogen-bond acceptors (Lipinski definition) is 3. The molecule has 0 aliphatic rings. The number of rotatable bonds is 3. The van der Waals surface area contributed by atoms with Gasteiger partial charge in [-0.1, -0.05) is 0 Å². The summed E-state index contributed by atoms with van der Waals surface area (Å²) in [6.07, 6.45) is -3.02. The van der Waals surface area contributed by atoms with Crippen molar-refractivity contribution >= 4 is 5.97 Å². The van der Waals surface area contributed by atoms with E-state index in [-0.39, 0.29) is 12.2 Å². The van der Waals surface area contributed by atoms with E-state index >= 15 is 0 Å². The van der Waals surface area contributed by atoms with E-state index in [4.69, 9.17) is 10.8 Å². The molecule has 0 aliphatic heterocycles. The van der Waals surface area contributed by atoms with Gasteiger partial charge in [0.1, 0.15) is 0 Å². The molecule has 15 heavy (non-hydrogen) atoms. The highest BCUT2D eigenvalue weighted by molar-refractivity contribution is 5.90. The molecule has 0 bridgehead atoms. The van der Waals surface area contributed by atoms with E-state index in [1.165, 1.54) is 0 Å². The number of pyridine rings is 1. The lowest BCUT2D eigenvalue weighted by Crippen LogP contribution is -2.19. The minimum absolute atomic E-state index is 0.203. The molecule has 1 aromatic heterocycles. The van der Waals surface area contributed by atoms with Gasteiger partial charge in [0.15, 0.2) is 0 Å². The molecule has 0 aromatic carbocycles. The number of alkyl halides is 2. The molecule has 5 nitrogen and oxygen atoms in total. The zero-order chi connectivity index (χ0) is 11.6. The Kier molecular flexibility index (Phi) is 3.15. The van der Waals surface area contributed by atoms with E-state index in [1.54, 1.807) is 0 Å². The summed E-state index contributed by atoms with van der Waals surface area (Å²) in [5.74, 6) is -1.54. The molecule has 82 valence electrons. The molecule has 0 atom stereocenters. The third-order valence-corrected chi connectivity index (χ3v) is 1.80. The van der Waals surface area contributed by atoms with Crippen LogP contribution in [-0.2, 0) is 6.54 Å². The summed E-state index contributed by atoms with van der Waals surface area (Å²) < 4.78 is 24.9. The minimum atomic E-state index is -3.02. The third kappa shape index (κ3) is 2.18. The predicted octanol–water partition coefficient (Wildman–Crippen LogP) is 0.469. The van der Waals surface area contributed by atoms with Crippen LogP contribution in [0.5, 0.6) is 0 Å². The first kappa shape index (κ1) is 11.3. The number of halogens is 2. The van der Waals surface area contributed by atoms with E-state index < -0.39 is 29.1 Å². The molecular weight excluding hydrogens is 210 g/mol. The fraction of sp³-hybridized carbons (Fsp3) is 0.250. The SMILES string of the molecule is NCc1[nH]c(=O)cc(C(F)F)c1C(=O)O. The Morgan fingerprint density at radius 1 is 1.60 bits per heavy atom. The lowest BCUT2D eigenvalue weighted by molar-refractivity contribution is 0.0682. The van der Waals surface area contributed by atoms with E-state index in [0.29, 0.717) is 6.07 Å². The monoisotopic (exact) mass is 218 g/mol. The van der Waals surface area contributed by atoms with Crippen molar-refractivity contribution in [2.75, 3.05) is 0 Å². The van der Waals surface area contributed by atoms with Crippen molar-refractivity contribution in [1.82, 2.24) is 4.98 Å². The molecule has 7 heteroatoms. The number of aromatic nitrogens is 1. The smallest absolute Gasteiger partial charge is 0.338 e. The standard InChI is InChI=1S/C8H8F2N2O3/c9-7(10)3-1-5(13)12-4(2-11)6(3)8(14)15/h1,7H,2,11H2,(H,12,13)(H,14,15). The minimum Gasteiger partial charge on any atom is -0.478 e. The zero-order valence-corrected chi connectivity index (χ0v) is 7.46. The number of carboxylic acids is 1. The molecule has 0 fully saturated rings. The number of carboxylic acid groups (broad SMARTS) is 1. The summed E-state index contributed by atoms with van der Waals surface area (Å²) in [7, 11) is 0. The first-order chi connectivity index (χ1) is 6.97. The van der Waals surface area contributed by atoms with Crippen LogP contribution in [0.15, 0.2) is 10.9 Å². The van der Waals surface area contributed by atoms with Crippen molar-refractivity contribution in [3.63, 3.8) is 0 Å². The Morgan fingerprint density at radius 2 is 2.20 bits per heavy atom.